The van der Waals surface area contributed by atoms with E-state index in [4.69, 9.17) is 4.42 Å². The zero-order chi connectivity index (χ0) is 20.3. The molecule has 4 rings (SSSR count). The van der Waals surface area contributed by atoms with Gasteiger partial charge in [-0.15, -0.1) is 0 Å². The highest BCUT2D eigenvalue weighted by Crippen LogP contribution is 2.43. The van der Waals surface area contributed by atoms with Crippen LogP contribution in [0.1, 0.15) is 45.2 Å². The van der Waals surface area contributed by atoms with Crippen molar-refractivity contribution in [3.63, 3.8) is 0 Å². The molecule has 0 saturated carbocycles. The van der Waals surface area contributed by atoms with Crippen molar-refractivity contribution in [2.45, 2.75) is 56.5 Å². The highest BCUT2D eigenvalue weighted by Gasteiger charge is 2.44. The average Bonchev–Trinajstić information content (AvgIpc) is 2.94. The molecule has 1 aromatic heterocycles. The molecule has 0 fully saturated rings. The highest BCUT2D eigenvalue weighted by atomic mass is 32.2. The molecule has 6 nitrogen and oxygen atoms in total. The van der Waals surface area contributed by atoms with Crippen LogP contribution >= 0.6 is 0 Å². The second-order valence-corrected chi connectivity index (χ2v) is 10.6. The smallest absolute Gasteiger partial charge is 0.408 e. The van der Waals surface area contributed by atoms with E-state index in [2.05, 4.69) is 24.9 Å². The molecular formula is C21H24N2O4S. The topological polar surface area (TPSA) is 83.4 Å². The molecule has 7 heteroatoms. The summed E-state index contributed by atoms with van der Waals surface area (Å²) in [5, 5.41) is 0. The number of hydrogen-bond acceptors (Lipinski definition) is 4. The molecule has 0 spiro atoms. The molecule has 0 bridgehead atoms. The number of oxazole rings is 1. The Morgan fingerprint density at radius 3 is 2.54 bits per heavy atom. The lowest BCUT2D eigenvalue weighted by molar-refractivity contribution is 0.185. The predicted molar refractivity (Wildman–Crippen MR) is 108 cm³/mol. The summed E-state index contributed by atoms with van der Waals surface area (Å²) in [6.07, 6.45) is 0.678. The second kappa shape index (κ2) is 6.06. The van der Waals surface area contributed by atoms with Crippen LogP contribution in [0.3, 0.4) is 0 Å². The normalized spacial score (nSPS) is 19.3. The summed E-state index contributed by atoms with van der Waals surface area (Å²) in [6, 6.07) is 12.5. The first-order chi connectivity index (χ1) is 13.0. The van der Waals surface area contributed by atoms with Crippen LogP contribution in [-0.2, 0) is 22.0 Å². The maximum absolute atomic E-state index is 13.6. The minimum Gasteiger partial charge on any atom is -0.408 e. The molecule has 3 aromatic rings. The van der Waals surface area contributed by atoms with E-state index in [1.165, 1.54) is 17.7 Å². The molecule has 0 aliphatic carbocycles. The molecular weight excluding hydrogens is 376 g/mol. The van der Waals surface area contributed by atoms with Crippen LogP contribution in [0.4, 0.5) is 0 Å². The summed E-state index contributed by atoms with van der Waals surface area (Å²) in [5.74, 6) is -0.602. The summed E-state index contributed by atoms with van der Waals surface area (Å²) in [6.45, 7) is 8.54. The molecule has 0 radical (unpaired) electrons. The fourth-order valence-electron chi connectivity index (χ4n) is 4.58. The predicted octanol–water partition coefficient (Wildman–Crippen LogP) is 3.77. The maximum Gasteiger partial charge on any atom is 0.417 e. The van der Waals surface area contributed by atoms with E-state index in [-0.39, 0.29) is 15.9 Å². The Morgan fingerprint density at radius 2 is 1.79 bits per heavy atom. The van der Waals surface area contributed by atoms with Crippen LogP contribution in [0, 0.1) is 0 Å². The van der Waals surface area contributed by atoms with Gasteiger partial charge in [0.2, 0.25) is 10.0 Å². The van der Waals surface area contributed by atoms with Crippen molar-refractivity contribution in [1.82, 2.24) is 9.29 Å². The quantitative estimate of drug-likeness (QED) is 0.710. The molecule has 0 unspecified atom stereocenters. The fourth-order valence-corrected chi connectivity index (χ4v) is 6.35. The lowest BCUT2D eigenvalue weighted by Gasteiger charge is -2.39. The van der Waals surface area contributed by atoms with Crippen LogP contribution in [-0.4, -0.2) is 23.2 Å². The lowest BCUT2D eigenvalue weighted by Crippen LogP contribution is -2.48. The number of fused-ring (bicyclic) bond motifs is 2. The van der Waals surface area contributed by atoms with Crippen molar-refractivity contribution in [3.05, 3.63) is 64.1 Å². The Labute approximate surface area is 164 Å². The van der Waals surface area contributed by atoms with E-state index >= 15 is 0 Å². The van der Waals surface area contributed by atoms with Gasteiger partial charge in [0, 0.05) is 18.2 Å². The van der Waals surface area contributed by atoms with Gasteiger partial charge in [-0.25, -0.2) is 13.2 Å². The zero-order valence-electron chi connectivity index (χ0n) is 16.4. The number of hydrogen-bond donors (Lipinski definition) is 1. The Morgan fingerprint density at radius 1 is 1.07 bits per heavy atom. The summed E-state index contributed by atoms with van der Waals surface area (Å²) in [7, 11) is -3.81. The van der Waals surface area contributed by atoms with E-state index in [1.807, 2.05) is 32.0 Å². The van der Waals surface area contributed by atoms with E-state index in [9.17, 15) is 13.2 Å². The lowest BCUT2D eigenvalue weighted by atomic mass is 9.75. The summed E-state index contributed by atoms with van der Waals surface area (Å²) >= 11 is 0. The molecule has 28 heavy (non-hydrogen) atoms. The van der Waals surface area contributed by atoms with Gasteiger partial charge in [0.15, 0.2) is 5.58 Å². The van der Waals surface area contributed by atoms with Gasteiger partial charge in [-0.2, -0.15) is 4.31 Å². The molecule has 0 atom stereocenters. The minimum absolute atomic E-state index is 0.119. The Bertz CT molecular complexity index is 1220. The zero-order valence-corrected chi connectivity index (χ0v) is 17.3. The van der Waals surface area contributed by atoms with Gasteiger partial charge in [0.05, 0.1) is 10.4 Å². The van der Waals surface area contributed by atoms with Crippen LogP contribution in [0.2, 0.25) is 0 Å². The van der Waals surface area contributed by atoms with Gasteiger partial charge in [-0.1, -0.05) is 38.1 Å². The van der Waals surface area contributed by atoms with Gasteiger partial charge in [0.1, 0.15) is 0 Å². The van der Waals surface area contributed by atoms with E-state index in [0.29, 0.717) is 18.5 Å². The van der Waals surface area contributed by atoms with Crippen molar-refractivity contribution < 1.29 is 12.8 Å². The third-order valence-corrected chi connectivity index (χ3v) is 7.64. The number of sulfonamides is 1. The number of aromatic amines is 1. The van der Waals surface area contributed by atoms with Crippen LogP contribution in [0.25, 0.3) is 11.1 Å². The molecule has 148 valence electrons. The third kappa shape index (κ3) is 2.99. The first-order valence-electron chi connectivity index (χ1n) is 9.25. The standard InChI is InChI=1S/C21H24N2O4S/c1-20(2)13-21(3,4)23(12-14-7-5-6-8-16(14)20)28(25,26)15-9-10-17-18(11-15)27-19(24)22-17/h5-11H,12-13H2,1-4H3,(H,22,24). The van der Waals surface area contributed by atoms with Crippen molar-refractivity contribution in [2.75, 3.05) is 0 Å². The first kappa shape index (κ1) is 19.0. The molecule has 1 aliphatic rings. The van der Waals surface area contributed by atoms with E-state index in [1.54, 1.807) is 10.4 Å². The van der Waals surface area contributed by atoms with Gasteiger partial charge in [-0.05, 0) is 48.9 Å². The van der Waals surface area contributed by atoms with Crippen molar-refractivity contribution in [1.29, 1.82) is 0 Å². The molecule has 1 N–H and O–H groups in total. The highest BCUT2D eigenvalue weighted by molar-refractivity contribution is 7.89. The Balaban J connectivity index is 1.86. The van der Waals surface area contributed by atoms with E-state index < -0.39 is 21.3 Å². The SMILES string of the molecule is CC1(C)CC(C)(C)N(S(=O)(=O)c2ccc3[nH]c(=O)oc3c2)Cc2ccccc21. The average molecular weight is 401 g/mol. The van der Waals surface area contributed by atoms with Crippen molar-refractivity contribution in [3.8, 4) is 0 Å². The van der Waals surface area contributed by atoms with Crippen LogP contribution in [0.15, 0.2) is 56.6 Å². The first-order valence-corrected chi connectivity index (χ1v) is 10.7. The summed E-state index contributed by atoms with van der Waals surface area (Å²) in [4.78, 5) is 14.1. The largest absolute Gasteiger partial charge is 0.417 e. The minimum atomic E-state index is -3.81. The van der Waals surface area contributed by atoms with Gasteiger partial charge in [0.25, 0.3) is 0 Å². The Hall–Kier alpha value is -2.38. The molecule has 1 aliphatic heterocycles. The van der Waals surface area contributed by atoms with Crippen LogP contribution < -0.4 is 5.76 Å². The monoisotopic (exact) mass is 400 g/mol. The number of aromatic nitrogens is 1. The summed E-state index contributed by atoms with van der Waals surface area (Å²) < 4.78 is 33.9. The second-order valence-electron chi connectivity index (χ2n) is 8.71. The number of nitrogens with one attached hydrogen (secondary N) is 1. The molecule has 2 aromatic carbocycles. The number of nitrogens with zero attached hydrogens (tertiary/aromatic N) is 1. The molecule has 2 heterocycles. The number of rotatable bonds is 2. The fraction of sp³-hybridized carbons (Fsp3) is 0.381. The summed E-state index contributed by atoms with van der Waals surface area (Å²) in [5.41, 5.74) is 2.13. The number of H-pyrrole nitrogens is 1. The Kier molecular flexibility index (Phi) is 4.10. The van der Waals surface area contributed by atoms with Gasteiger partial charge >= 0.3 is 5.76 Å². The van der Waals surface area contributed by atoms with Crippen molar-refractivity contribution >= 4 is 21.1 Å². The molecule has 0 saturated heterocycles. The van der Waals surface area contributed by atoms with Crippen LogP contribution in [0.5, 0.6) is 0 Å². The molecule has 0 amide bonds. The number of benzene rings is 2. The maximum atomic E-state index is 13.6. The van der Waals surface area contributed by atoms with Gasteiger partial charge < -0.3 is 4.42 Å². The van der Waals surface area contributed by atoms with E-state index in [0.717, 1.165) is 5.56 Å². The van der Waals surface area contributed by atoms with Gasteiger partial charge in [-0.3, -0.25) is 4.98 Å². The third-order valence-electron chi connectivity index (χ3n) is 5.59. The van der Waals surface area contributed by atoms with Crippen molar-refractivity contribution in [2.24, 2.45) is 0 Å².